The first-order chi connectivity index (χ1) is 11.1. The first-order valence-electron chi connectivity index (χ1n) is 8.22. The van der Waals surface area contributed by atoms with E-state index in [-0.39, 0.29) is 6.04 Å². The minimum absolute atomic E-state index is 0.230. The summed E-state index contributed by atoms with van der Waals surface area (Å²) in [4.78, 5) is 8.91. The predicted octanol–water partition coefficient (Wildman–Crippen LogP) is 1.51. The van der Waals surface area contributed by atoms with Crippen molar-refractivity contribution in [3.63, 3.8) is 0 Å². The Hall–Kier alpha value is -2.02. The van der Waals surface area contributed by atoms with Crippen LogP contribution in [0.2, 0.25) is 0 Å². The third-order valence-corrected chi connectivity index (χ3v) is 4.88. The SMILES string of the molecule is CC(c1nnnn1C)N(C)CC1CCN(c2ccncc2)CC1. The predicted molar refractivity (Wildman–Crippen MR) is 89.0 cm³/mol. The van der Waals surface area contributed by atoms with Gasteiger partial charge in [-0.3, -0.25) is 9.88 Å². The highest BCUT2D eigenvalue weighted by Gasteiger charge is 2.24. The normalized spacial score (nSPS) is 17.7. The molecule has 0 spiro atoms. The van der Waals surface area contributed by atoms with Gasteiger partial charge in [-0.2, -0.15) is 0 Å². The molecule has 7 nitrogen and oxygen atoms in total. The summed E-state index contributed by atoms with van der Waals surface area (Å²) in [6, 6.07) is 4.42. The van der Waals surface area contributed by atoms with Crippen LogP contribution >= 0.6 is 0 Å². The van der Waals surface area contributed by atoms with Crippen molar-refractivity contribution in [1.82, 2.24) is 30.1 Å². The zero-order valence-electron chi connectivity index (χ0n) is 14.1. The Balaban J connectivity index is 1.51. The minimum atomic E-state index is 0.230. The third kappa shape index (κ3) is 3.67. The van der Waals surface area contributed by atoms with E-state index in [0.717, 1.165) is 31.4 Å². The minimum Gasteiger partial charge on any atom is -0.371 e. The topological polar surface area (TPSA) is 63.0 Å². The fourth-order valence-electron chi connectivity index (χ4n) is 3.28. The van der Waals surface area contributed by atoms with Gasteiger partial charge in [0.1, 0.15) is 0 Å². The van der Waals surface area contributed by atoms with E-state index in [4.69, 9.17) is 0 Å². The van der Waals surface area contributed by atoms with Crippen molar-refractivity contribution in [3.05, 3.63) is 30.4 Å². The van der Waals surface area contributed by atoms with Crippen LogP contribution in [0.3, 0.4) is 0 Å². The van der Waals surface area contributed by atoms with Crippen LogP contribution in [-0.4, -0.2) is 56.8 Å². The lowest BCUT2D eigenvalue weighted by atomic mass is 9.95. The summed E-state index contributed by atoms with van der Waals surface area (Å²) >= 11 is 0. The van der Waals surface area contributed by atoms with Gasteiger partial charge in [0.15, 0.2) is 5.82 Å². The van der Waals surface area contributed by atoms with Crippen LogP contribution in [0.25, 0.3) is 0 Å². The molecule has 1 saturated heterocycles. The van der Waals surface area contributed by atoms with Gasteiger partial charge in [0.05, 0.1) is 6.04 Å². The molecule has 0 bridgehead atoms. The van der Waals surface area contributed by atoms with Gasteiger partial charge in [0, 0.05) is 44.8 Å². The Labute approximate surface area is 137 Å². The van der Waals surface area contributed by atoms with Gasteiger partial charge in [0.2, 0.25) is 0 Å². The molecule has 1 unspecified atom stereocenters. The molecule has 124 valence electrons. The molecule has 0 radical (unpaired) electrons. The van der Waals surface area contributed by atoms with Crippen LogP contribution in [0.4, 0.5) is 5.69 Å². The summed E-state index contributed by atoms with van der Waals surface area (Å²) in [5.41, 5.74) is 1.28. The second-order valence-corrected chi connectivity index (χ2v) is 6.41. The van der Waals surface area contributed by atoms with Crippen LogP contribution in [0.1, 0.15) is 31.6 Å². The number of piperidine rings is 1. The van der Waals surface area contributed by atoms with Gasteiger partial charge in [-0.05, 0) is 55.3 Å². The van der Waals surface area contributed by atoms with Crippen molar-refractivity contribution in [2.24, 2.45) is 13.0 Å². The van der Waals surface area contributed by atoms with Crippen LogP contribution < -0.4 is 4.90 Å². The van der Waals surface area contributed by atoms with Crippen molar-refractivity contribution in [2.75, 3.05) is 31.6 Å². The highest BCUT2D eigenvalue weighted by atomic mass is 15.5. The van der Waals surface area contributed by atoms with Gasteiger partial charge < -0.3 is 4.90 Å². The fourth-order valence-corrected chi connectivity index (χ4v) is 3.28. The second kappa shape index (κ2) is 7.04. The summed E-state index contributed by atoms with van der Waals surface area (Å²) < 4.78 is 1.76. The van der Waals surface area contributed by atoms with Crippen LogP contribution in [0.5, 0.6) is 0 Å². The van der Waals surface area contributed by atoms with E-state index < -0.39 is 0 Å². The molecule has 3 rings (SSSR count). The number of aryl methyl sites for hydroxylation is 1. The maximum atomic E-state index is 4.13. The Morgan fingerprint density at radius 2 is 1.96 bits per heavy atom. The molecule has 1 fully saturated rings. The molecule has 0 aliphatic carbocycles. The van der Waals surface area contributed by atoms with E-state index in [1.807, 2.05) is 19.4 Å². The van der Waals surface area contributed by atoms with Crippen molar-refractivity contribution in [1.29, 1.82) is 0 Å². The molecule has 1 atom stereocenters. The third-order valence-electron chi connectivity index (χ3n) is 4.88. The summed E-state index contributed by atoms with van der Waals surface area (Å²) in [7, 11) is 4.06. The molecule has 23 heavy (non-hydrogen) atoms. The van der Waals surface area contributed by atoms with Crippen molar-refractivity contribution in [3.8, 4) is 0 Å². The van der Waals surface area contributed by atoms with Gasteiger partial charge >= 0.3 is 0 Å². The Morgan fingerprint density at radius 3 is 2.57 bits per heavy atom. The summed E-state index contributed by atoms with van der Waals surface area (Å²) in [6.45, 7) is 5.47. The van der Waals surface area contributed by atoms with Gasteiger partial charge in [0.25, 0.3) is 0 Å². The Kier molecular flexibility index (Phi) is 4.85. The molecule has 0 aromatic carbocycles. The molecular weight excluding hydrogens is 290 g/mol. The largest absolute Gasteiger partial charge is 0.371 e. The fraction of sp³-hybridized carbons (Fsp3) is 0.625. The first-order valence-corrected chi connectivity index (χ1v) is 8.22. The highest BCUT2D eigenvalue weighted by Crippen LogP contribution is 2.25. The van der Waals surface area contributed by atoms with E-state index in [0.29, 0.717) is 0 Å². The zero-order valence-corrected chi connectivity index (χ0v) is 14.1. The zero-order chi connectivity index (χ0) is 16.2. The number of pyridine rings is 1. The quantitative estimate of drug-likeness (QED) is 0.833. The molecule has 7 heteroatoms. The molecule has 0 saturated carbocycles. The number of anilines is 1. The van der Waals surface area contributed by atoms with E-state index in [2.05, 4.69) is 56.4 Å². The van der Waals surface area contributed by atoms with E-state index >= 15 is 0 Å². The van der Waals surface area contributed by atoms with Crippen molar-refractivity contribution >= 4 is 5.69 Å². The number of hydrogen-bond acceptors (Lipinski definition) is 6. The van der Waals surface area contributed by atoms with Gasteiger partial charge in [-0.1, -0.05) is 0 Å². The van der Waals surface area contributed by atoms with Crippen LogP contribution in [0.15, 0.2) is 24.5 Å². The number of tetrazole rings is 1. The highest BCUT2D eigenvalue weighted by molar-refractivity contribution is 5.44. The molecule has 3 heterocycles. The van der Waals surface area contributed by atoms with Crippen molar-refractivity contribution in [2.45, 2.75) is 25.8 Å². The van der Waals surface area contributed by atoms with Crippen molar-refractivity contribution < 1.29 is 0 Å². The smallest absolute Gasteiger partial charge is 0.167 e. The summed E-state index contributed by atoms with van der Waals surface area (Å²) in [6.07, 6.45) is 6.17. The lowest BCUT2D eigenvalue weighted by molar-refractivity contribution is 0.193. The average Bonchev–Trinajstić information content (AvgIpc) is 3.01. The first kappa shape index (κ1) is 15.9. The Bertz CT molecular complexity index is 604. The van der Waals surface area contributed by atoms with Crippen LogP contribution in [0, 0.1) is 5.92 Å². The lowest BCUT2D eigenvalue weighted by Crippen LogP contribution is -2.38. The van der Waals surface area contributed by atoms with Crippen LogP contribution in [-0.2, 0) is 7.05 Å². The molecular formula is C16H25N7. The van der Waals surface area contributed by atoms with E-state index in [1.165, 1.54) is 18.5 Å². The van der Waals surface area contributed by atoms with Gasteiger partial charge in [-0.15, -0.1) is 5.10 Å². The van der Waals surface area contributed by atoms with E-state index in [1.54, 1.807) is 4.68 Å². The van der Waals surface area contributed by atoms with E-state index in [9.17, 15) is 0 Å². The lowest BCUT2D eigenvalue weighted by Gasteiger charge is -2.36. The summed E-state index contributed by atoms with van der Waals surface area (Å²) in [5.74, 6) is 1.64. The Morgan fingerprint density at radius 1 is 1.26 bits per heavy atom. The standard InChI is InChI=1S/C16H25N7/c1-13(16-18-19-20-22(16)3)21(2)12-14-6-10-23(11-7-14)15-4-8-17-9-5-15/h4-5,8-9,13-14H,6-7,10-12H2,1-3H3. The molecule has 0 amide bonds. The monoisotopic (exact) mass is 315 g/mol. The van der Waals surface area contributed by atoms with Gasteiger partial charge in [-0.25, -0.2) is 4.68 Å². The number of rotatable bonds is 5. The number of aromatic nitrogens is 5. The maximum Gasteiger partial charge on any atom is 0.167 e. The average molecular weight is 315 g/mol. The molecule has 1 aliphatic rings. The molecule has 0 N–H and O–H groups in total. The molecule has 1 aliphatic heterocycles. The number of nitrogens with zero attached hydrogens (tertiary/aromatic N) is 7. The summed E-state index contributed by atoms with van der Waals surface area (Å²) in [5, 5.41) is 11.8. The molecule has 2 aromatic heterocycles. The number of hydrogen-bond donors (Lipinski definition) is 0. The second-order valence-electron chi connectivity index (χ2n) is 6.41. The maximum absolute atomic E-state index is 4.13. The molecule has 2 aromatic rings.